The highest BCUT2D eigenvalue weighted by Crippen LogP contribution is 2.35. The second kappa shape index (κ2) is 20.3. The normalized spacial score (nSPS) is 16.0. The number of imide groups is 2. The van der Waals surface area contributed by atoms with Crippen molar-refractivity contribution in [1.82, 2.24) is 25.5 Å². The molecule has 358 valence electrons. The number of nitrogens with one attached hydrogen (secondary N) is 4. The van der Waals surface area contributed by atoms with E-state index in [1.165, 1.54) is 55.8 Å². The molecule has 4 N–H and O–H groups in total. The van der Waals surface area contributed by atoms with Crippen molar-refractivity contribution in [3.8, 4) is 11.9 Å². The molecule has 8 rings (SSSR count). The van der Waals surface area contributed by atoms with Crippen LogP contribution in [0, 0.1) is 21.4 Å². The number of sulfonamides is 1. The van der Waals surface area contributed by atoms with Crippen molar-refractivity contribution >= 4 is 90.8 Å². The molecule has 24 heteroatoms. The molecule has 5 aromatic rings. The number of amides is 6. The van der Waals surface area contributed by atoms with Crippen molar-refractivity contribution < 1.29 is 46.8 Å². The molecule has 0 saturated carbocycles. The molecule has 1 atom stereocenters. The molecular weight excluding hydrogens is 947 g/mol. The summed E-state index contributed by atoms with van der Waals surface area (Å²) in [5.41, 5.74) is 2.78. The van der Waals surface area contributed by atoms with Crippen LogP contribution < -0.4 is 35.2 Å². The van der Waals surface area contributed by atoms with Gasteiger partial charge in [0.1, 0.15) is 17.7 Å². The summed E-state index contributed by atoms with van der Waals surface area (Å²) in [6.07, 6.45) is 3.56. The fraction of sp³-hybridized carbons (Fsp3) is 0.239. The molecule has 3 aliphatic rings. The van der Waals surface area contributed by atoms with Crippen LogP contribution in [-0.4, -0.2) is 110 Å². The Morgan fingerprint density at radius 2 is 1.71 bits per heavy atom. The minimum Gasteiger partial charge on any atom is -0.478 e. The molecule has 22 nitrogen and oxygen atoms in total. The van der Waals surface area contributed by atoms with E-state index in [0.717, 1.165) is 21.9 Å². The van der Waals surface area contributed by atoms with Crippen LogP contribution in [0.5, 0.6) is 5.88 Å². The number of ether oxygens (including phenoxy) is 1. The number of aromatic nitrogens is 2. The van der Waals surface area contributed by atoms with Gasteiger partial charge in [-0.2, -0.15) is 5.26 Å². The molecule has 2 aromatic heterocycles. The zero-order valence-electron chi connectivity index (χ0n) is 37.0. The molecule has 6 amide bonds. The van der Waals surface area contributed by atoms with Gasteiger partial charge in [0.25, 0.3) is 39.5 Å². The third-order valence-corrected chi connectivity index (χ3v) is 13.9. The topological polar surface area (TPSA) is 296 Å². The quantitative estimate of drug-likeness (QED) is 0.0272. The van der Waals surface area contributed by atoms with Gasteiger partial charge < -0.3 is 25.2 Å². The Bertz CT molecular complexity index is 3130. The van der Waals surface area contributed by atoms with Crippen molar-refractivity contribution in [2.75, 3.05) is 59.7 Å². The highest BCUT2D eigenvalue weighted by molar-refractivity contribution is 7.92. The number of piperazine rings is 1. The van der Waals surface area contributed by atoms with E-state index in [4.69, 9.17) is 4.74 Å². The van der Waals surface area contributed by atoms with E-state index >= 15 is 0 Å². The maximum atomic E-state index is 13.6. The number of nitro groups is 1. The number of piperidine rings is 1. The lowest BCUT2D eigenvalue weighted by Gasteiger charge is -2.38. The van der Waals surface area contributed by atoms with Crippen LogP contribution in [0.3, 0.4) is 0 Å². The number of fused-ring (bicyclic) bond motifs is 1. The van der Waals surface area contributed by atoms with Gasteiger partial charge in [0, 0.05) is 67.0 Å². The molecule has 70 heavy (non-hydrogen) atoms. The molecule has 3 aliphatic heterocycles. The van der Waals surface area contributed by atoms with E-state index in [9.17, 15) is 52.6 Å². The van der Waals surface area contributed by atoms with Gasteiger partial charge in [-0.25, -0.2) is 18.4 Å². The van der Waals surface area contributed by atoms with Crippen molar-refractivity contribution in [1.29, 1.82) is 5.26 Å². The fourth-order valence-electron chi connectivity index (χ4n) is 8.01. The Balaban J connectivity index is 0.790. The van der Waals surface area contributed by atoms with Crippen LogP contribution >= 0.6 is 11.3 Å². The third-order valence-electron chi connectivity index (χ3n) is 11.5. The summed E-state index contributed by atoms with van der Waals surface area (Å²) >= 11 is 0.795. The first-order chi connectivity index (χ1) is 33.6. The smallest absolute Gasteiger partial charge is 0.324 e. The van der Waals surface area contributed by atoms with Gasteiger partial charge in [0.15, 0.2) is 0 Å². The minimum absolute atomic E-state index is 0.0364. The first-order valence-corrected chi connectivity index (χ1v) is 23.9. The Kier molecular flexibility index (Phi) is 13.9. The lowest BCUT2D eigenvalue weighted by atomic mass is 10.0. The van der Waals surface area contributed by atoms with Crippen LogP contribution in [-0.2, 0) is 30.8 Å². The standard InChI is InChI=1S/C46H41N11O11S2/c1-68-44-40(53-70(66,67)33-14-9-29(10-15-33)50-42(60)28(25-47)24-32-13-18-38(69-32)57(64)65)49-26-30(51-44)4-3-19-48-41(59)27-7-11-31(12-8-27)54-20-22-55(23-21-54)35-6-2-5-34-39(35)46(63)56(45(34)62)36-16-17-37(58)52-43(36)61/h2,5-15,18,24,26,36H,3-4,16-17,19-23H2,1H3,(H,48,59)(H,49,53)(H,50,60)(H,52,58,61)/b28-24+. The van der Waals surface area contributed by atoms with E-state index in [2.05, 4.69) is 35.5 Å². The molecular formula is C46H41N11O11S2. The summed E-state index contributed by atoms with van der Waals surface area (Å²) in [5, 5.41) is 27.9. The lowest BCUT2D eigenvalue weighted by molar-refractivity contribution is -0.380. The molecule has 2 fully saturated rings. The number of benzene rings is 3. The van der Waals surface area contributed by atoms with Crippen molar-refractivity contribution in [3.63, 3.8) is 0 Å². The summed E-state index contributed by atoms with van der Waals surface area (Å²) in [6.45, 7) is 2.56. The van der Waals surface area contributed by atoms with E-state index in [0.29, 0.717) is 67.4 Å². The zero-order valence-corrected chi connectivity index (χ0v) is 38.7. The molecule has 2 saturated heterocycles. The Morgan fingerprint density at radius 1 is 0.986 bits per heavy atom. The van der Waals surface area contributed by atoms with Crippen molar-refractivity contribution in [2.45, 2.75) is 36.6 Å². The monoisotopic (exact) mass is 987 g/mol. The molecule has 0 bridgehead atoms. The maximum absolute atomic E-state index is 13.6. The summed E-state index contributed by atoms with van der Waals surface area (Å²) < 4.78 is 34.2. The Hall–Kier alpha value is -8.56. The predicted octanol–water partition coefficient (Wildman–Crippen LogP) is 3.89. The molecule has 0 radical (unpaired) electrons. The van der Waals surface area contributed by atoms with E-state index in [1.807, 2.05) is 17.0 Å². The lowest BCUT2D eigenvalue weighted by Crippen LogP contribution is -2.54. The van der Waals surface area contributed by atoms with Gasteiger partial charge in [-0.1, -0.05) is 17.4 Å². The first-order valence-electron chi connectivity index (χ1n) is 21.6. The van der Waals surface area contributed by atoms with Crippen LogP contribution in [0.1, 0.15) is 60.9 Å². The zero-order chi connectivity index (χ0) is 49.7. The first kappa shape index (κ1) is 47.9. The number of hydrogen-bond acceptors (Lipinski definition) is 17. The minimum atomic E-state index is -4.21. The van der Waals surface area contributed by atoms with Crippen molar-refractivity contribution in [2.24, 2.45) is 0 Å². The fourth-order valence-corrected chi connectivity index (χ4v) is 9.79. The number of carbonyl (C=O) groups excluding carboxylic acids is 6. The van der Waals surface area contributed by atoms with Gasteiger partial charge >= 0.3 is 5.00 Å². The van der Waals surface area contributed by atoms with Gasteiger partial charge in [-0.15, -0.1) is 0 Å². The number of aryl methyl sites for hydroxylation is 1. The molecule has 1 unspecified atom stereocenters. The van der Waals surface area contributed by atoms with Gasteiger partial charge in [-0.05, 0) is 92.1 Å². The number of thiophene rings is 1. The van der Waals surface area contributed by atoms with Gasteiger partial charge in [0.2, 0.25) is 17.6 Å². The van der Waals surface area contributed by atoms with Crippen LogP contribution in [0.25, 0.3) is 6.08 Å². The SMILES string of the molecule is COc1nc(CCCNC(=O)c2ccc(N3CCN(c4cccc5c4C(=O)N(C4CCC(=O)NC4=O)C5=O)CC3)cc2)cnc1NS(=O)(=O)c1ccc(NC(=O)/C(C#N)=C/c2ccc([N+](=O)[O-])s2)cc1. The second-order valence-corrected chi connectivity index (χ2v) is 18.7. The largest absolute Gasteiger partial charge is 0.478 e. The van der Waals surface area contributed by atoms with Gasteiger partial charge in [-0.3, -0.25) is 53.8 Å². The number of rotatable bonds is 16. The maximum Gasteiger partial charge on any atom is 0.324 e. The number of anilines is 4. The highest BCUT2D eigenvalue weighted by Gasteiger charge is 2.46. The number of nitrogens with zero attached hydrogens (tertiary/aromatic N) is 7. The van der Waals surface area contributed by atoms with Crippen LogP contribution in [0.2, 0.25) is 0 Å². The van der Waals surface area contributed by atoms with E-state index in [-0.39, 0.29) is 62.7 Å². The Labute approximate surface area is 403 Å². The average Bonchev–Trinajstić information content (AvgIpc) is 3.94. The number of carbonyl (C=O) groups is 6. The highest BCUT2D eigenvalue weighted by atomic mass is 32.2. The summed E-state index contributed by atoms with van der Waals surface area (Å²) in [7, 11) is -2.91. The van der Waals surface area contributed by atoms with E-state index in [1.54, 1.807) is 36.4 Å². The number of nitriles is 1. The predicted molar refractivity (Wildman–Crippen MR) is 254 cm³/mol. The van der Waals surface area contributed by atoms with Crippen LogP contribution in [0.4, 0.5) is 27.9 Å². The van der Waals surface area contributed by atoms with Gasteiger partial charge in [0.05, 0.1) is 45.6 Å². The Morgan fingerprint density at radius 3 is 2.39 bits per heavy atom. The summed E-state index contributed by atoms with van der Waals surface area (Å²) in [6, 6.07) is 20.7. The average molecular weight is 988 g/mol. The third kappa shape index (κ3) is 10.3. The number of hydrogen-bond donors (Lipinski definition) is 4. The second-order valence-electron chi connectivity index (χ2n) is 15.9. The molecule has 0 aliphatic carbocycles. The molecule has 5 heterocycles. The summed E-state index contributed by atoms with van der Waals surface area (Å²) in [4.78, 5) is 101. The summed E-state index contributed by atoms with van der Waals surface area (Å²) in [5.74, 6) is -3.55. The van der Waals surface area contributed by atoms with Crippen LogP contribution in [0.15, 0.2) is 95.5 Å². The van der Waals surface area contributed by atoms with E-state index < -0.39 is 50.5 Å². The molecule has 0 spiro atoms. The number of methoxy groups -OCH3 is 1. The molecule has 3 aromatic carbocycles. The van der Waals surface area contributed by atoms with Crippen molar-refractivity contribution in [3.05, 3.63) is 128 Å².